The van der Waals surface area contributed by atoms with E-state index in [0.29, 0.717) is 12.6 Å². The normalized spacial score (nSPS) is 32.5. The lowest BCUT2D eigenvalue weighted by Crippen LogP contribution is -2.45. The zero-order chi connectivity index (χ0) is 31.2. The van der Waals surface area contributed by atoms with Gasteiger partial charge in [0.15, 0.2) is 12.5 Å². The number of hydrogen-bond acceptors (Lipinski definition) is 12. The number of nitrogens with one attached hydrogen (secondary N) is 2. The second-order valence-electron chi connectivity index (χ2n) is 10.4. The highest BCUT2D eigenvalue weighted by atomic mass is 19.4. The number of halogens is 3. The molecule has 240 valence electrons. The summed E-state index contributed by atoms with van der Waals surface area (Å²) in [6, 6.07) is 1.70. The molecule has 0 saturated carbocycles. The van der Waals surface area contributed by atoms with E-state index in [1.54, 1.807) is 0 Å². The summed E-state index contributed by atoms with van der Waals surface area (Å²) in [7, 11) is 2.12. The highest BCUT2D eigenvalue weighted by Crippen LogP contribution is 2.32. The summed E-state index contributed by atoms with van der Waals surface area (Å²) in [6.45, 7) is 2.18. The quantitative estimate of drug-likeness (QED) is 0.138. The molecule has 15 nitrogen and oxygen atoms in total. The van der Waals surface area contributed by atoms with Crippen LogP contribution in [0.3, 0.4) is 0 Å². The van der Waals surface area contributed by atoms with Crippen molar-refractivity contribution < 1.29 is 52.6 Å². The molecule has 4 heterocycles. The van der Waals surface area contributed by atoms with Crippen LogP contribution < -0.4 is 22.3 Å². The van der Waals surface area contributed by atoms with Gasteiger partial charge >= 0.3 is 17.8 Å². The topological polar surface area (TPSA) is 222 Å². The van der Waals surface area contributed by atoms with Gasteiger partial charge in [-0.1, -0.05) is 0 Å². The molecule has 3 saturated heterocycles. The zero-order valence-electron chi connectivity index (χ0n) is 22.9. The van der Waals surface area contributed by atoms with E-state index in [2.05, 4.69) is 22.2 Å². The minimum atomic E-state index is -5.08. The van der Waals surface area contributed by atoms with Crippen molar-refractivity contribution in [2.45, 2.75) is 87.0 Å². The molecular formula is C24H38F3N5O10. The Hall–Kier alpha value is -2.42. The third-order valence-electron chi connectivity index (χ3n) is 7.43. The number of likely N-dealkylation sites (tertiary alicyclic amines) is 1. The van der Waals surface area contributed by atoms with Crippen LogP contribution in [-0.4, -0.2) is 129 Å². The first-order valence-corrected chi connectivity index (χ1v) is 13.5. The minimum Gasteiger partial charge on any atom is -0.475 e. The van der Waals surface area contributed by atoms with Crippen molar-refractivity contribution in [2.75, 3.05) is 33.2 Å². The van der Waals surface area contributed by atoms with Crippen LogP contribution in [-0.2, 0) is 19.0 Å². The molecule has 0 aliphatic carbocycles. The molecule has 0 radical (unpaired) electrons. The Morgan fingerprint density at radius 3 is 2.50 bits per heavy atom. The Labute approximate surface area is 238 Å². The molecule has 1 aromatic rings. The van der Waals surface area contributed by atoms with Gasteiger partial charge in [0.25, 0.3) is 5.56 Å². The summed E-state index contributed by atoms with van der Waals surface area (Å²) in [5, 5.41) is 41.7. The standard InChI is InChI=1S/C22H37N5O8.C2HF3O2/c1-26-7-2-3-12(26)4-6-24-11-16(35-21-19(31)18(30)15(10-23)34-21)14-9-13(28)20(33-14)27-8-5-17(29)25-22(27)32;3-2(4,5)1(6)7/h5,8,12-16,18-21,24,28,30-31H,2-4,6-7,9-11,23H2,1H3,(H,25,29,32);(H,6,7)/t12?,13-,14+,15-,16+,18-,19-,20-,21+;/m1./s1. The van der Waals surface area contributed by atoms with Gasteiger partial charge in [0.1, 0.15) is 24.4 Å². The molecule has 3 aliphatic heterocycles. The summed E-state index contributed by atoms with van der Waals surface area (Å²) in [4.78, 5) is 37.0. The van der Waals surface area contributed by atoms with Crippen molar-refractivity contribution in [3.8, 4) is 0 Å². The minimum absolute atomic E-state index is 0.0196. The van der Waals surface area contributed by atoms with Gasteiger partial charge in [0.2, 0.25) is 0 Å². The Bertz CT molecular complexity index is 1140. The number of rotatable bonds is 10. The maximum atomic E-state index is 12.2. The lowest BCUT2D eigenvalue weighted by molar-refractivity contribution is -0.213. The summed E-state index contributed by atoms with van der Waals surface area (Å²) in [5.41, 5.74) is 4.37. The molecule has 42 heavy (non-hydrogen) atoms. The molecular weight excluding hydrogens is 575 g/mol. The fraction of sp³-hybridized carbons (Fsp3) is 0.792. The van der Waals surface area contributed by atoms with E-state index in [4.69, 9.17) is 29.8 Å². The van der Waals surface area contributed by atoms with Gasteiger partial charge in [0, 0.05) is 37.8 Å². The number of aliphatic hydroxyl groups excluding tert-OH is 3. The lowest BCUT2D eigenvalue weighted by atomic mass is 10.1. The number of nitrogens with zero attached hydrogens (tertiary/aromatic N) is 2. The van der Waals surface area contributed by atoms with Crippen LogP contribution in [0.1, 0.15) is 31.9 Å². The van der Waals surface area contributed by atoms with Crippen LogP contribution in [0, 0.1) is 0 Å². The van der Waals surface area contributed by atoms with E-state index in [9.17, 15) is 38.1 Å². The van der Waals surface area contributed by atoms with Crippen molar-refractivity contribution in [1.29, 1.82) is 0 Å². The molecule has 9 atom stereocenters. The van der Waals surface area contributed by atoms with Crippen molar-refractivity contribution in [3.63, 3.8) is 0 Å². The molecule has 0 spiro atoms. The first-order chi connectivity index (χ1) is 19.7. The van der Waals surface area contributed by atoms with Gasteiger partial charge in [-0.3, -0.25) is 14.3 Å². The Morgan fingerprint density at radius 1 is 1.26 bits per heavy atom. The molecule has 0 aromatic carbocycles. The fourth-order valence-electron chi connectivity index (χ4n) is 5.12. The second kappa shape index (κ2) is 14.8. The highest BCUT2D eigenvalue weighted by molar-refractivity contribution is 5.73. The number of H-pyrrole nitrogens is 1. The summed E-state index contributed by atoms with van der Waals surface area (Å²) in [5.74, 6) is -2.76. The highest BCUT2D eigenvalue weighted by Gasteiger charge is 2.47. The number of nitrogens with two attached hydrogens (primary N) is 1. The third kappa shape index (κ3) is 8.80. The Kier molecular flexibility index (Phi) is 12.0. The first-order valence-electron chi connectivity index (χ1n) is 13.5. The van der Waals surface area contributed by atoms with E-state index in [-0.39, 0.29) is 13.0 Å². The SMILES string of the molecule is CN1CCCC1CCNC[C@H](O[C@@H]1O[C@H](CN)[C@@H](O)[C@H]1O)[C@@H]1C[C@@H](O)[C@H](n2ccc(=O)[nH]c2=O)O1.O=C(O)C(F)(F)F. The molecule has 0 amide bonds. The summed E-state index contributed by atoms with van der Waals surface area (Å²) < 4.78 is 50.5. The Balaban J connectivity index is 0.000000616. The molecule has 0 bridgehead atoms. The number of aromatic amines is 1. The van der Waals surface area contributed by atoms with E-state index < -0.39 is 72.5 Å². The van der Waals surface area contributed by atoms with Crippen LogP contribution in [0.2, 0.25) is 0 Å². The smallest absolute Gasteiger partial charge is 0.475 e. The zero-order valence-corrected chi connectivity index (χ0v) is 22.9. The largest absolute Gasteiger partial charge is 0.490 e. The van der Waals surface area contributed by atoms with E-state index >= 15 is 0 Å². The van der Waals surface area contributed by atoms with Gasteiger partial charge in [-0.25, -0.2) is 9.59 Å². The molecule has 1 aromatic heterocycles. The maximum Gasteiger partial charge on any atom is 0.490 e. The number of carboxylic acid groups (broad SMARTS) is 1. The van der Waals surface area contributed by atoms with Crippen LogP contribution in [0.4, 0.5) is 13.2 Å². The van der Waals surface area contributed by atoms with E-state index in [0.717, 1.165) is 30.5 Å². The number of hydrogen-bond donors (Lipinski definition) is 7. The third-order valence-corrected chi connectivity index (χ3v) is 7.43. The second-order valence-corrected chi connectivity index (χ2v) is 10.4. The number of carbonyl (C=O) groups is 1. The number of carboxylic acids is 1. The number of aromatic nitrogens is 2. The van der Waals surface area contributed by atoms with Gasteiger partial charge in [-0.2, -0.15) is 13.2 Å². The maximum absolute atomic E-state index is 12.2. The Morgan fingerprint density at radius 2 is 1.95 bits per heavy atom. The lowest BCUT2D eigenvalue weighted by Gasteiger charge is -2.29. The van der Waals surface area contributed by atoms with Crippen molar-refractivity contribution in [3.05, 3.63) is 33.1 Å². The molecule has 8 N–H and O–H groups in total. The average molecular weight is 614 g/mol. The molecule has 18 heteroatoms. The number of aliphatic carboxylic acids is 1. The van der Waals surface area contributed by atoms with Crippen molar-refractivity contribution >= 4 is 5.97 Å². The number of aliphatic hydroxyl groups is 3. The monoisotopic (exact) mass is 613 g/mol. The van der Waals surface area contributed by atoms with Crippen molar-refractivity contribution in [1.82, 2.24) is 19.8 Å². The number of ether oxygens (including phenoxy) is 3. The predicted molar refractivity (Wildman–Crippen MR) is 137 cm³/mol. The fourth-order valence-corrected chi connectivity index (χ4v) is 5.12. The molecule has 1 unspecified atom stereocenters. The summed E-state index contributed by atoms with van der Waals surface area (Å²) in [6.07, 6.45) is -8.07. The van der Waals surface area contributed by atoms with Crippen molar-refractivity contribution in [2.24, 2.45) is 5.73 Å². The first kappa shape index (κ1) is 34.1. The van der Waals surface area contributed by atoms with E-state index in [1.807, 2.05) is 0 Å². The molecule has 3 aliphatic rings. The van der Waals surface area contributed by atoms with E-state index in [1.165, 1.54) is 18.7 Å². The van der Waals surface area contributed by atoms with Crippen LogP contribution >= 0.6 is 0 Å². The number of alkyl halides is 3. The van der Waals surface area contributed by atoms with Gasteiger partial charge in [0.05, 0.1) is 12.2 Å². The predicted octanol–water partition coefficient (Wildman–Crippen LogP) is -2.32. The van der Waals surface area contributed by atoms with Gasteiger partial charge < -0.3 is 50.6 Å². The van der Waals surface area contributed by atoms with Crippen LogP contribution in [0.15, 0.2) is 21.9 Å². The molecule has 4 rings (SSSR count). The van der Waals surface area contributed by atoms with Crippen LogP contribution in [0.5, 0.6) is 0 Å². The van der Waals surface area contributed by atoms with Gasteiger partial charge in [-0.05, 0) is 39.4 Å². The summed E-state index contributed by atoms with van der Waals surface area (Å²) >= 11 is 0. The average Bonchev–Trinajstić information content (AvgIpc) is 3.58. The van der Waals surface area contributed by atoms with Gasteiger partial charge in [-0.15, -0.1) is 0 Å². The molecule has 3 fully saturated rings. The van der Waals surface area contributed by atoms with Crippen LogP contribution in [0.25, 0.3) is 0 Å².